The second kappa shape index (κ2) is 5.50. The molecule has 90 valence electrons. The quantitative estimate of drug-likeness (QED) is 0.673. The van der Waals surface area contributed by atoms with Gasteiger partial charge in [-0.2, -0.15) is 0 Å². The molecule has 0 radical (unpaired) electrons. The Hall–Kier alpha value is -1.56. The number of aliphatic hydroxyl groups excluding tert-OH is 1. The molecule has 0 aliphatic carbocycles. The van der Waals surface area contributed by atoms with E-state index in [9.17, 15) is 14.7 Å². The minimum atomic E-state index is -0.960. The highest BCUT2D eigenvalue weighted by Gasteiger charge is 2.34. The Kier molecular flexibility index (Phi) is 4.30. The van der Waals surface area contributed by atoms with Crippen LogP contribution in [0.5, 0.6) is 0 Å². The van der Waals surface area contributed by atoms with Gasteiger partial charge in [-0.05, 0) is 6.08 Å². The lowest BCUT2D eigenvalue weighted by atomic mass is 10.1. The van der Waals surface area contributed by atoms with Crippen molar-refractivity contribution in [3.63, 3.8) is 0 Å². The maximum absolute atomic E-state index is 10.8. The second-order valence-electron chi connectivity index (χ2n) is 3.37. The van der Waals surface area contributed by atoms with Crippen molar-refractivity contribution < 1.29 is 28.9 Å². The number of ether oxygens (including phenoxy) is 3. The lowest BCUT2D eigenvalue weighted by Crippen LogP contribution is -2.45. The largest absolute Gasteiger partial charge is 0.491 e. The topological polar surface area (TPSA) is 82.1 Å². The van der Waals surface area contributed by atoms with Gasteiger partial charge in [0.2, 0.25) is 0 Å². The number of aliphatic hydroxyl groups is 1. The van der Waals surface area contributed by atoms with Crippen LogP contribution in [0, 0.1) is 0 Å². The standard InChI is InChI=1S/C10H14O6/c1-6(11)15-5-9-10(16-7(2)12)8(13)3-4-14-9/h3-4,8-10,13H,5H2,1-2H3. The Labute approximate surface area is 92.8 Å². The van der Waals surface area contributed by atoms with Gasteiger partial charge >= 0.3 is 11.9 Å². The number of hydrogen-bond donors (Lipinski definition) is 1. The Balaban J connectivity index is 2.60. The van der Waals surface area contributed by atoms with Crippen molar-refractivity contribution >= 4 is 11.9 Å². The summed E-state index contributed by atoms with van der Waals surface area (Å²) in [5.74, 6) is -0.995. The molecule has 0 aromatic rings. The molecule has 3 unspecified atom stereocenters. The molecule has 3 atom stereocenters. The monoisotopic (exact) mass is 230 g/mol. The number of carbonyl (C=O) groups is 2. The second-order valence-corrected chi connectivity index (χ2v) is 3.37. The smallest absolute Gasteiger partial charge is 0.303 e. The van der Waals surface area contributed by atoms with Crippen LogP contribution in [-0.2, 0) is 23.8 Å². The van der Waals surface area contributed by atoms with E-state index in [0.29, 0.717) is 0 Å². The summed E-state index contributed by atoms with van der Waals surface area (Å²) in [6.07, 6.45) is 0.143. The first-order valence-corrected chi connectivity index (χ1v) is 4.81. The van der Waals surface area contributed by atoms with Crippen LogP contribution in [-0.4, -0.2) is 42.0 Å². The van der Waals surface area contributed by atoms with Crippen molar-refractivity contribution in [3.05, 3.63) is 12.3 Å². The summed E-state index contributed by atoms with van der Waals surface area (Å²) in [6.45, 7) is 2.42. The summed E-state index contributed by atoms with van der Waals surface area (Å²) in [7, 11) is 0. The molecule has 0 bridgehead atoms. The molecule has 6 heteroatoms. The van der Waals surface area contributed by atoms with Gasteiger partial charge in [-0.1, -0.05) is 0 Å². The van der Waals surface area contributed by atoms with Crippen LogP contribution in [0.2, 0.25) is 0 Å². The molecule has 0 saturated carbocycles. The fraction of sp³-hybridized carbons (Fsp3) is 0.600. The van der Waals surface area contributed by atoms with E-state index in [1.165, 1.54) is 26.2 Å². The minimum Gasteiger partial charge on any atom is -0.491 e. The molecule has 1 aliphatic heterocycles. The van der Waals surface area contributed by atoms with Crippen molar-refractivity contribution in [1.29, 1.82) is 0 Å². The molecule has 0 aromatic heterocycles. The Morgan fingerprint density at radius 1 is 1.38 bits per heavy atom. The number of hydrogen-bond acceptors (Lipinski definition) is 6. The number of carbonyl (C=O) groups excluding carboxylic acids is 2. The number of rotatable bonds is 3. The van der Waals surface area contributed by atoms with E-state index in [2.05, 4.69) is 0 Å². The molecule has 1 rings (SSSR count). The molecule has 1 heterocycles. The molecule has 0 spiro atoms. The van der Waals surface area contributed by atoms with Gasteiger partial charge < -0.3 is 19.3 Å². The number of esters is 2. The predicted molar refractivity (Wildman–Crippen MR) is 52.2 cm³/mol. The van der Waals surface area contributed by atoms with Crippen LogP contribution in [0.4, 0.5) is 0 Å². The van der Waals surface area contributed by atoms with Gasteiger partial charge in [-0.3, -0.25) is 9.59 Å². The van der Waals surface area contributed by atoms with E-state index in [0.717, 1.165) is 0 Å². The third-order valence-corrected chi connectivity index (χ3v) is 1.99. The Morgan fingerprint density at radius 2 is 2.06 bits per heavy atom. The molecular formula is C10H14O6. The first kappa shape index (κ1) is 12.5. The summed E-state index contributed by atoms with van der Waals surface area (Å²) < 4.78 is 14.8. The van der Waals surface area contributed by atoms with E-state index in [-0.39, 0.29) is 6.61 Å². The third-order valence-electron chi connectivity index (χ3n) is 1.99. The average Bonchev–Trinajstić information content (AvgIpc) is 2.18. The highest BCUT2D eigenvalue weighted by atomic mass is 16.6. The van der Waals surface area contributed by atoms with Gasteiger partial charge in [0.25, 0.3) is 0 Å². The normalized spacial score (nSPS) is 28.1. The molecule has 1 N–H and O–H groups in total. The minimum absolute atomic E-state index is 0.0747. The third kappa shape index (κ3) is 3.54. The van der Waals surface area contributed by atoms with Crippen molar-refractivity contribution in [2.75, 3.05) is 6.61 Å². The summed E-state index contributed by atoms with van der Waals surface area (Å²) >= 11 is 0. The van der Waals surface area contributed by atoms with Gasteiger partial charge in [0.15, 0.2) is 12.2 Å². The Morgan fingerprint density at radius 3 is 2.62 bits per heavy atom. The van der Waals surface area contributed by atoms with E-state index in [4.69, 9.17) is 14.2 Å². The zero-order valence-electron chi connectivity index (χ0n) is 9.08. The van der Waals surface area contributed by atoms with Crippen molar-refractivity contribution in [3.8, 4) is 0 Å². The van der Waals surface area contributed by atoms with Gasteiger partial charge in [-0.15, -0.1) is 0 Å². The fourth-order valence-corrected chi connectivity index (χ4v) is 1.30. The van der Waals surface area contributed by atoms with E-state index >= 15 is 0 Å². The van der Waals surface area contributed by atoms with Crippen LogP contribution >= 0.6 is 0 Å². The first-order chi connectivity index (χ1) is 7.50. The molecule has 6 nitrogen and oxygen atoms in total. The average molecular weight is 230 g/mol. The van der Waals surface area contributed by atoms with Crippen LogP contribution in [0.25, 0.3) is 0 Å². The molecule has 16 heavy (non-hydrogen) atoms. The molecule has 0 fully saturated rings. The van der Waals surface area contributed by atoms with Crippen molar-refractivity contribution in [2.45, 2.75) is 32.2 Å². The lowest BCUT2D eigenvalue weighted by Gasteiger charge is -2.30. The van der Waals surface area contributed by atoms with E-state index < -0.39 is 30.3 Å². The zero-order chi connectivity index (χ0) is 12.1. The summed E-state index contributed by atoms with van der Waals surface area (Å²) in [5, 5.41) is 9.57. The van der Waals surface area contributed by atoms with Gasteiger partial charge in [-0.25, -0.2) is 0 Å². The summed E-state index contributed by atoms with van der Waals surface area (Å²) in [5.41, 5.74) is 0. The summed E-state index contributed by atoms with van der Waals surface area (Å²) in [6, 6.07) is 0. The van der Waals surface area contributed by atoms with Gasteiger partial charge in [0.1, 0.15) is 12.7 Å². The SMILES string of the molecule is CC(=O)OCC1OC=CC(O)C1OC(C)=O. The lowest BCUT2D eigenvalue weighted by molar-refractivity contribution is -0.168. The van der Waals surface area contributed by atoms with E-state index in [1.54, 1.807) is 0 Å². The van der Waals surface area contributed by atoms with Gasteiger partial charge in [0.05, 0.1) is 6.26 Å². The van der Waals surface area contributed by atoms with Crippen LogP contribution in [0.3, 0.4) is 0 Å². The van der Waals surface area contributed by atoms with Crippen LogP contribution in [0.15, 0.2) is 12.3 Å². The molecule has 1 aliphatic rings. The predicted octanol–water partition coefficient (Wildman–Crippen LogP) is -0.245. The highest BCUT2D eigenvalue weighted by molar-refractivity contribution is 5.66. The molecule has 0 amide bonds. The Bertz CT molecular complexity index is 298. The van der Waals surface area contributed by atoms with Crippen molar-refractivity contribution in [2.24, 2.45) is 0 Å². The molecule has 0 saturated heterocycles. The first-order valence-electron chi connectivity index (χ1n) is 4.81. The van der Waals surface area contributed by atoms with Crippen LogP contribution < -0.4 is 0 Å². The maximum atomic E-state index is 10.8. The summed E-state index contributed by atoms with van der Waals surface area (Å²) in [4.78, 5) is 21.5. The highest BCUT2D eigenvalue weighted by Crippen LogP contribution is 2.16. The van der Waals surface area contributed by atoms with Gasteiger partial charge in [0, 0.05) is 13.8 Å². The fourth-order valence-electron chi connectivity index (χ4n) is 1.30. The molecular weight excluding hydrogens is 216 g/mol. The van der Waals surface area contributed by atoms with Crippen LogP contribution in [0.1, 0.15) is 13.8 Å². The van der Waals surface area contributed by atoms with Crippen molar-refractivity contribution in [1.82, 2.24) is 0 Å². The zero-order valence-corrected chi connectivity index (χ0v) is 9.08. The maximum Gasteiger partial charge on any atom is 0.303 e. The molecule has 0 aromatic carbocycles. The van der Waals surface area contributed by atoms with E-state index in [1.807, 2.05) is 0 Å².